The number of rotatable bonds is 3. The molecule has 1 aromatic carbocycles. The van der Waals surface area contributed by atoms with E-state index in [1.807, 2.05) is 45.2 Å². The van der Waals surface area contributed by atoms with E-state index in [4.69, 9.17) is 0 Å². The van der Waals surface area contributed by atoms with Crippen molar-refractivity contribution < 1.29 is 0 Å². The Labute approximate surface area is 109 Å². The van der Waals surface area contributed by atoms with Gasteiger partial charge in [-0.3, -0.25) is 4.98 Å². The Bertz CT molecular complexity index is 489. The molecule has 0 aliphatic rings. The lowest BCUT2D eigenvalue weighted by atomic mass is 9.99. The van der Waals surface area contributed by atoms with E-state index in [1.165, 1.54) is 5.56 Å². The second-order valence-electron chi connectivity index (χ2n) is 3.51. The minimum absolute atomic E-state index is 0.924. The summed E-state index contributed by atoms with van der Waals surface area (Å²) in [6.07, 6.45) is 3.60. The van der Waals surface area contributed by atoms with E-state index in [9.17, 15) is 0 Å². The lowest BCUT2D eigenvalue weighted by molar-refractivity contribution is 1.13. The fraction of sp³-hybridized carbons (Fsp3) is 0.188. The number of hydrogen-bond acceptors (Lipinski definition) is 2. The van der Waals surface area contributed by atoms with Gasteiger partial charge in [-0.2, -0.15) is 0 Å². The minimum Gasteiger partial charge on any atom is -0.388 e. The highest BCUT2D eigenvalue weighted by Gasteiger charge is 2.05. The predicted molar refractivity (Wildman–Crippen MR) is 79.1 cm³/mol. The smallest absolute Gasteiger partial charge is 0.0344 e. The zero-order valence-corrected chi connectivity index (χ0v) is 11.3. The highest BCUT2D eigenvalue weighted by atomic mass is 14.8. The van der Waals surface area contributed by atoms with E-state index in [-0.39, 0.29) is 0 Å². The molecule has 2 aromatic rings. The van der Waals surface area contributed by atoms with Crippen LogP contribution in [0.5, 0.6) is 0 Å². The molecule has 1 heterocycles. The zero-order valence-electron chi connectivity index (χ0n) is 11.3. The second-order valence-corrected chi connectivity index (χ2v) is 3.51. The number of nitrogens with one attached hydrogen (secondary N) is 1. The molecule has 1 N–H and O–H groups in total. The summed E-state index contributed by atoms with van der Waals surface area (Å²) in [6, 6.07) is 12.2. The first-order valence-corrected chi connectivity index (χ1v) is 6.19. The van der Waals surface area contributed by atoms with Gasteiger partial charge >= 0.3 is 0 Å². The van der Waals surface area contributed by atoms with E-state index in [0.717, 1.165) is 16.8 Å². The van der Waals surface area contributed by atoms with Crippen LogP contribution in [0.2, 0.25) is 0 Å². The topological polar surface area (TPSA) is 24.9 Å². The lowest BCUT2D eigenvalue weighted by Gasteiger charge is -2.11. The third kappa shape index (κ3) is 3.20. The summed E-state index contributed by atoms with van der Waals surface area (Å²) < 4.78 is 0. The zero-order chi connectivity index (χ0) is 13.4. The van der Waals surface area contributed by atoms with Gasteiger partial charge in [-0.05, 0) is 23.3 Å². The van der Waals surface area contributed by atoms with Crippen LogP contribution in [0.25, 0.3) is 16.8 Å². The van der Waals surface area contributed by atoms with Crippen molar-refractivity contribution in [3.63, 3.8) is 0 Å². The summed E-state index contributed by atoms with van der Waals surface area (Å²) in [4.78, 5) is 4.03. The van der Waals surface area contributed by atoms with Gasteiger partial charge in [0.1, 0.15) is 0 Å². The van der Waals surface area contributed by atoms with Crippen molar-refractivity contribution in [2.24, 2.45) is 0 Å². The number of benzene rings is 1. The Kier molecular flexibility index (Phi) is 5.65. The summed E-state index contributed by atoms with van der Waals surface area (Å²) >= 11 is 0. The van der Waals surface area contributed by atoms with Crippen LogP contribution in [0.3, 0.4) is 0 Å². The fourth-order valence-electron chi connectivity index (χ4n) is 1.66. The van der Waals surface area contributed by atoms with E-state index >= 15 is 0 Å². The van der Waals surface area contributed by atoms with Crippen LogP contribution in [-0.2, 0) is 0 Å². The number of nitrogens with zero attached hydrogens (tertiary/aromatic N) is 1. The van der Waals surface area contributed by atoms with Crippen molar-refractivity contribution in [2.45, 2.75) is 13.8 Å². The monoisotopic (exact) mass is 240 g/mol. The molecule has 0 saturated heterocycles. The van der Waals surface area contributed by atoms with Crippen molar-refractivity contribution in [1.82, 2.24) is 10.3 Å². The van der Waals surface area contributed by atoms with Crippen LogP contribution in [0.4, 0.5) is 0 Å². The molecule has 0 radical (unpaired) electrons. The first-order valence-electron chi connectivity index (χ1n) is 6.19. The van der Waals surface area contributed by atoms with Crippen LogP contribution in [0.15, 0.2) is 55.4 Å². The molecule has 0 aliphatic carbocycles. The molecule has 0 aliphatic heterocycles. The highest BCUT2D eigenvalue weighted by Crippen LogP contribution is 2.26. The molecule has 2 heteroatoms. The first kappa shape index (κ1) is 14.0. The van der Waals surface area contributed by atoms with Crippen LogP contribution >= 0.6 is 0 Å². The molecular weight excluding hydrogens is 220 g/mol. The van der Waals surface area contributed by atoms with Gasteiger partial charge < -0.3 is 5.32 Å². The van der Waals surface area contributed by atoms with Gasteiger partial charge in [0.15, 0.2) is 0 Å². The van der Waals surface area contributed by atoms with E-state index in [0.29, 0.717) is 0 Å². The quantitative estimate of drug-likeness (QED) is 0.878. The summed E-state index contributed by atoms with van der Waals surface area (Å²) in [5, 5.41) is 3.08. The molecule has 1 aromatic heterocycles. The van der Waals surface area contributed by atoms with Gasteiger partial charge in [-0.1, -0.05) is 44.7 Å². The maximum Gasteiger partial charge on any atom is 0.0344 e. The van der Waals surface area contributed by atoms with Crippen molar-refractivity contribution in [3.05, 3.63) is 60.9 Å². The third-order valence-electron chi connectivity index (χ3n) is 2.55. The standard InChI is InChI=1S/C14H14N2.C2H6/c1-11(15-2)13-5-3-4-6-14(13)12-7-9-16-10-8-12;1-2/h3-10,15H,1H2,2H3;1-2H3. The van der Waals surface area contributed by atoms with Crippen LogP contribution in [0, 0.1) is 0 Å². The maximum atomic E-state index is 4.03. The molecular formula is C16H20N2. The minimum atomic E-state index is 0.924. The summed E-state index contributed by atoms with van der Waals surface area (Å²) in [5.41, 5.74) is 4.37. The van der Waals surface area contributed by atoms with Gasteiger partial charge in [-0.25, -0.2) is 0 Å². The van der Waals surface area contributed by atoms with Crippen molar-refractivity contribution in [3.8, 4) is 11.1 Å². The predicted octanol–water partition coefficient (Wildman–Crippen LogP) is 3.96. The van der Waals surface area contributed by atoms with Gasteiger partial charge in [0.2, 0.25) is 0 Å². The second kappa shape index (κ2) is 7.28. The van der Waals surface area contributed by atoms with E-state index in [1.54, 1.807) is 12.4 Å². The summed E-state index contributed by atoms with van der Waals surface area (Å²) in [5.74, 6) is 0. The Morgan fingerprint density at radius 2 is 1.67 bits per heavy atom. The highest BCUT2D eigenvalue weighted by molar-refractivity contribution is 5.79. The average Bonchev–Trinajstić information content (AvgIpc) is 2.49. The molecule has 0 saturated carbocycles. The van der Waals surface area contributed by atoms with Crippen molar-refractivity contribution >= 4 is 5.70 Å². The maximum absolute atomic E-state index is 4.03. The number of pyridine rings is 1. The molecule has 0 spiro atoms. The molecule has 0 amide bonds. The van der Waals surface area contributed by atoms with Gasteiger partial charge in [0.25, 0.3) is 0 Å². The molecule has 0 bridgehead atoms. The molecule has 0 unspecified atom stereocenters. The number of aromatic nitrogens is 1. The Morgan fingerprint density at radius 3 is 2.28 bits per heavy atom. The SMILES string of the molecule is C=C(NC)c1ccccc1-c1ccncc1.CC. The van der Waals surface area contributed by atoms with Crippen LogP contribution in [0.1, 0.15) is 19.4 Å². The lowest BCUT2D eigenvalue weighted by Crippen LogP contribution is -2.04. The Hall–Kier alpha value is -2.09. The summed E-state index contributed by atoms with van der Waals surface area (Å²) in [7, 11) is 1.88. The molecule has 94 valence electrons. The normalized spacial score (nSPS) is 9.06. The van der Waals surface area contributed by atoms with E-state index < -0.39 is 0 Å². The number of hydrogen-bond donors (Lipinski definition) is 1. The molecule has 0 fully saturated rings. The Morgan fingerprint density at radius 1 is 1.06 bits per heavy atom. The van der Waals surface area contributed by atoms with Gasteiger partial charge in [-0.15, -0.1) is 0 Å². The van der Waals surface area contributed by atoms with Gasteiger partial charge in [0.05, 0.1) is 0 Å². The average molecular weight is 240 g/mol. The summed E-state index contributed by atoms with van der Waals surface area (Å²) in [6.45, 7) is 8.00. The van der Waals surface area contributed by atoms with Crippen molar-refractivity contribution in [1.29, 1.82) is 0 Å². The van der Waals surface area contributed by atoms with Gasteiger partial charge in [0, 0.05) is 30.7 Å². The largest absolute Gasteiger partial charge is 0.388 e. The molecule has 0 atom stereocenters. The fourth-order valence-corrected chi connectivity index (χ4v) is 1.66. The van der Waals surface area contributed by atoms with Crippen LogP contribution in [-0.4, -0.2) is 12.0 Å². The van der Waals surface area contributed by atoms with Crippen molar-refractivity contribution in [2.75, 3.05) is 7.05 Å². The van der Waals surface area contributed by atoms with Crippen LogP contribution < -0.4 is 5.32 Å². The third-order valence-corrected chi connectivity index (χ3v) is 2.55. The first-order chi connectivity index (χ1) is 8.83. The molecule has 2 nitrogen and oxygen atoms in total. The van der Waals surface area contributed by atoms with E-state index in [2.05, 4.69) is 29.0 Å². The molecule has 18 heavy (non-hydrogen) atoms. The Balaban J connectivity index is 0.000000771. The molecule has 2 rings (SSSR count).